The molecule has 0 aliphatic carbocycles. The van der Waals surface area contributed by atoms with Gasteiger partial charge in [-0.2, -0.15) is 0 Å². The van der Waals surface area contributed by atoms with Crippen LogP contribution < -0.4 is 10.1 Å². The summed E-state index contributed by atoms with van der Waals surface area (Å²) >= 11 is 0. The van der Waals surface area contributed by atoms with Gasteiger partial charge in [-0.15, -0.1) is 0 Å². The predicted molar refractivity (Wildman–Crippen MR) is 129 cm³/mol. The van der Waals surface area contributed by atoms with E-state index >= 15 is 0 Å². The molecule has 176 valence electrons. The summed E-state index contributed by atoms with van der Waals surface area (Å²) in [6.45, 7) is 6.00. The average molecular weight is 451 g/mol. The minimum atomic E-state index is -0.0303. The fourth-order valence-corrected chi connectivity index (χ4v) is 4.33. The van der Waals surface area contributed by atoms with Gasteiger partial charge in [0, 0.05) is 38.8 Å². The van der Waals surface area contributed by atoms with Crippen molar-refractivity contribution in [1.29, 1.82) is 0 Å². The molecule has 0 radical (unpaired) electrons. The van der Waals surface area contributed by atoms with E-state index in [0.717, 1.165) is 67.2 Å². The molecule has 0 spiro atoms. The highest BCUT2D eigenvalue weighted by atomic mass is 16.5. The van der Waals surface area contributed by atoms with Crippen molar-refractivity contribution in [2.24, 2.45) is 0 Å². The lowest BCUT2D eigenvalue weighted by molar-refractivity contribution is -0.121. The lowest BCUT2D eigenvalue weighted by atomic mass is 10.1. The van der Waals surface area contributed by atoms with Crippen molar-refractivity contribution in [2.45, 2.75) is 45.3 Å². The van der Waals surface area contributed by atoms with E-state index in [0.29, 0.717) is 19.2 Å². The smallest absolute Gasteiger partial charge is 0.240 e. The molecule has 2 heterocycles. The number of fused-ring (bicyclic) bond motifs is 1. The first kappa shape index (κ1) is 23.3. The average Bonchev–Trinajstić information content (AvgIpc) is 3.21. The van der Waals surface area contributed by atoms with Gasteiger partial charge in [0.1, 0.15) is 24.7 Å². The third kappa shape index (κ3) is 6.12. The molecule has 2 aromatic carbocycles. The lowest BCUT2D eigenvalue weighted by Gasteiger charge is -2.31. The van der Waals surface area contributed by atoms with E-state index < -0.39 is 0 Å². The molecule has 0 atom stereocenters. The fraction of sp³-hybridized carbons (Fsp3) is 0.462. The van der Waals surface area contributed by atoms with Crippen LogP contribution in [-0.4, -0.2) is 59.8 Å². The number of nitrogens with zero attached hydrogens (tertiary/aromatic N) is 3. The first-order chi connectivity index (χ1) is 16.1. The Morgan fingerprint density at radius 3 is 2.85 bits per heavy atom. The van der Waals surface area contributed by atoms with Gasteiger partial charge in [0.15, 0.2) is 0 Å². The van der Waals surface area contributed by atoms with Crippen LogP contribution in [0.1, 0.15) is 31.2 Å². The Balaban J connectivity index is 1.27. The molecule has 1 amide bonds. The van der Waals surface area contributed by atoms with Crippen LogP contribution in [-0.2, 0) is 29.0 Å². The van der Waals surface area contributed by atoms with Crippen LogP contribution in [0.2, 0.25) is 0 Å². The second kappa shape index (κ2) is 11.3. The maximum atomic E-state index is 12.7. The van der Waals surface area contributed by atoms with Crippen LogP contribution in [0.3, 0.4) is 0 Å². The summed E-state index contributed by atoms with van der Waals surface area (Å²) in [5, 5.41) is 3.03. The molecule has 3 aromatic rings. The van der Waals surface area contributed by atoms with Crippen molar-refractivity contribution in [2.75, 3.05) is 33.4 Å². The minimum absolute atomic E-state index is 0.0303. The second-order valence-electron chi connectivity index (χ2n) is 8.55. The molecule has 7 heteroatoms. The maximum Gasteiger partial charge on any atom is 0.240 e. The van der Waals surface area contributed by atoms with Crippen molar-refractivity contribution in [3.05, 3.63) is 59.9 Å². The summed E-state index contributed by atoms with van der Waals surface area (Å²) in [7, 11) is 2.15. The number of aryl methyl sites for hydroxylation is 1. The van der Waals surface area contributed by atoms with Gasteiger partial charge in [-0.25, -0.2) is 4.98 Å². The van der Waals surface area contributed by atoms with Crippen molar-refractivity contribution in [1.82, 2.24) is 19.8 Å². The number of aromatic nitrogens is 2. The quantitative estimate of drug-likeness (QED) is 0.513. The third-order valence-corrected chi connectivity index (χ3v) is 6.27. The molecule has 7 nitrogen and oxygen atoms in total. The number of hydrogen-bond acceptors (Lipinski definition) is 5. The van der Waals surface area contributed by atoms with Crippen molar-refractivity contribution in [3.8, 4) is 5.75 Å². The third-order valence-electron chi connectivity index (χ3n) is 6.27. The first-order valence-corrected chi connectivity index (χ1v) is 11.8. The number of nitrogens with one attached hydrogen (secondary N) is 1. The molecule has 1 aromatic heterocycles. The Labute approximate surface area is 195 Å². The Morgan fingerprint density at radius 1 is 1.21 bits per heavy atom. The van der Waals surface area contributed by atoms with E-state index in [-0.39, 0.29) is 12.5 Å². The van der Waals surface area contributed by atoms with E-state index in [1.165, 1.54) is 0 Å². The van der Waals surface area contributed by atoms with E-state index in [1.54, 1.807) is 0 Å². The van der Waals surface area contributed by atoms with Gasteiger partial charge in [0.2, 0.25) is 5.91 Å². The number of likely N-dealkylation sites (N-methyl/N-ethyl adjacent to an activating group) is 1. The highest BCUT2D eigenvalue weighted by molar-refractivity contribution is 5.81. The highest BCUT2D eigenvalue weighted by Crippen LogP contribution is 2.17. The number of rotatable bonds is 10. The van der Waals surface area contributed by atoms with E-state index in [9.17, 15) is 4.79 Å². The Bertz CT molecular complexity index is 1060. The van der Waals surface area contributed by atoms with Gasteiger partial charge in [0.25, 0.3) is 0 Å². The van der Waals surface area contributed by atoms with Gasteiger partial charge in [0.05, 0.1) is 11.0 Å². The monoisotopic (exact) mass is 450 g/mol. The Hall–Kier alpha value is -2.90. The van der Waals surface area contributed by atoms with E-state index in [4.69, 9.17) is 9.47 Å². The second-order valence-corrected chi connectivity index (χ2v) is 8.55. The zero-order chi connectivity index (χ0) is 23.0. The van der Waals surface area contributed by atoms with E-state index in [2.05, 4.69) is 29.2 Å². The summed E-state index contributed by atoms with van der Waals surface area (Å²) < 4.78 is 13.4. The number of para-hydroxylation sites is 2. The van der Waals surface area contributed by atoms with Crippen LogP contribution in [0.5, 0.6) is 5.75 Å². The summed E-state index contributed by atoms with van der Waals surface area (Å²) in [5.74, 6) is 1.72. The summed E-state index contributed by atoms with van der Waals surface area (Å²) in [4.78, 5) is 19.7. The molecule has 0 bridgehead atoms. The maximum absolute atomic E-state index is 12.7. The SMILES string of the molecule is CCc1nc2ccccc2n1CC(=O)NCc1cccc(OCCN(C)C2CCOCC2)c1. The summed E-state index contributed by atoms with van der Waals surface area (Å²) in [6.07, 6.45) is 2.95. The van der Waals surface area contributed by atoms with Crippen LogP contribution in [0.4, 0.5) is 0 Å². The number of imidazole rings is 1. The zero-order valence-corrected chi connectivity index (χ0v) is 19.6. The van der Waals surface area contributed by atoms with Crippen molar-refractivity contribution < 1.29 is 14.3 Å². The molecular weight excluding hydrogens is 416 g/mol. The van der Waals surface area contributed by atoms with Gasteiger partial charge in [-0.1, -0.05) is 31.2 Å². The number of amides is 1. The Kier molecular flexibility index (Phi) is 7.96. The van der Waals surface area contributed by atoms with Gasteiger partial charge < -0.3 is 19.4 Å². The van der Waals surface area contributed by atoms with Crippen LogP contribution in [0.15, 0.2) is 48.5 Å². The standard InChI is InChI=1S/C26H34N4O3/c1-3-25-28-23-9-4-5-10-24(23)30(25)19-26(31)27-18-20-7-6-8-22(17-20)33-16-13-29(2)21-11-14-32-15-12-21/h4-10,17,21H,3,11-16,18-19H2,1-2H3,(H,27,31). The molecule has 1 aliphatic heterocycles. The van der Waals surface area contributed by atoms with Gasteiger partial charge in [-0.3, -0.25) is 9.69 Å². The first-order valence-electron chi connectivity index (χ1n) is 11.8. The number of hydrogen-bond donors (Lipinski definition) is 1. The van der Waals surface area contributed by atoms with Gasteiger partial charge in [-0.05, 0) is 49.7 Å². The van der Waals surface area contributed by atoms with Crippen LogP contribution in [0, 0.1) is 0 Å². The fourth-order valence-electron chi connectivity index (χ4n) is 4.33. The van der Waals surface area contributed by atoms with E-state index in [1.807, 2.05) is 53.1 Å². The number of carbonyl (C=O) groups excluding carboxylic acids is 1. The topological polar surface area (TPSA) is 68.6 Å². The molecule has 0 saturated carbocycles. The zero-order valence-electron chi connectivity index (χ0n) is 19.6. The molecule has 1 N–H and O–H groups in total. The molecule has 1 fully saturated rings. The molecule has 1 aliphatic rings. The lowest BCUT2D eigenvalue weighted by Crippen LogP contribution is -2.38. The Morgan fingerprint density at radius 2 is 2.03 bits per heavy atom. The highest BCUT2D eigenvalue weighted by Gasteiger charge is 2.18. The molecule has 1 saturated heterocycles. The van der Waals surface area contributed by atoms with Crippen molar-refractivity contribution >= 4 is 16.9 Å². The molecule has 0 unspecified atom stereocenters. The molecule has 33 heavy (non-hydrogen) atoms. The predicted octanol–water partition coefficient (Wildman–Crippen LogP) is 3.40. The number of carbonyl (C=O) groups is 1. The number of benzene rings is 2. The normalized spacial score (nSPS) is 14.6. The van der Waals surface area contributed by atoms with Crippen LogP contribution >= 0.6 is 0 Å². The summed E-state index contributed by atoms with van der Waals surface area (Å²) in [5.41, 5.74) is 2.94. The largest absolute Gasteiger partial charge is 0.492 e. The molecular formula is C26H34N4O3. The molecule has 4 rings (SSSR count). The number of ether oxygens (including phenoxy) is 2. The minimum Gasteiger partial charge on any atom is -0.492 e. The van der Waals surface area contributed by atoms with Crippen molar-refractivity contribution in [3.63, 3.8) is 0 Å². The summed E-state index contributed by atoms with van der Waals surface area (Å²) in [6, 6.07) is 16.4. The van der Waals surface area contributed by atoms with Crippen LogP contribution in [0.25, 0.3) is 11.0 Å². The van der Waals surface area contributed by atoms with Gasteiger partial charge >= 0.3 is 0 Å².